The molecule has 0 atom stereocenters. The lowest BCUT2D eigenvalue weighted by Gasteiger charge is -2.00. The Hall–Kier alpha value is -1.34. The molecule has 0 saturated carbocycles. The van der Waals surface area contributed by atoms with E-state index in [2.05, 4.69) is 15.9 Å². The Bertz CT molecular complexity index is 382. The first-order valence-corrected chi connectivity index (χ1v) is 4.70. The number of rotatable bonds is 2. The summed E-state index contributed by atoms with van der Waals surface area (Å²) in [7, 11) is 0. The molecule has 13 heavy (non-hydrogen) atoms. The van der Waals surface area contributed by atoms with Crippen LogP contribution in [0.15, 0.2) is 18.2 Å². The van der Waals surface area contributed by atoms with Gasteiger partial charge in [-0.3, -0.25) is 4.79 Å². The largest absolute Gasteiger partial charge is 0.398 e. The molecule has 0 aliphatic heterocycles. The maximum Gasteiger partial charge on any atom is 0.173 e. The van der Waals surface area contributed by atoms with Gasteiger partial charge in [-0.1, -0.05) is 15.9 Å². The fraction of sp³-hybridized carbons (Fsp3) is 0.111. The smallest absolute Gasteiger partial charge is 0.173 e. The van der Waals surface area contributed by atoms with Crippen molar-refractivity contribution >= 4 is 27.4 Å². The van der Waals surface area contributed by atoms with Gasteiger partial charge in [0, 0.05) is 5.56 Å². The molecular weight excluding hydrogens is 232 g/mol. The van der Waals surface area contributed by atoms with E-state index in [1.54, 1.807) is 12.1 Å². The number of nitrogens with two attached hydrogens (primary N) is 1. The lowest BCUT2D eigenvalue weighted by Crippen LogP contribution is -2.01. The van der Waals surface area contributed by atoms with Crippen LogP contribution in [0.3, 0.4) is 0 Å². The third-order valence-electron chi connectivity index (χ3n) is 1.62. The molecule has 4 heteroatoms. The van der Waals surface area contributed by atoms with Crippen LogP contribution < -0.4 is 5.73 Å². The number of hydrogen-bond donors (Lipinski definition) is 1. The van der Waals surface area contributed by atoms with Crippen LogP contribution in [0.25, 0.3) is 0 Å². The lowest BCUT2D eigenvalue weighted by atomic mass is 10.1. The highest BCUT2D eigenvalue weighted by molar-refractivity contribution is 9.09. The number of carbonyl (C=O) groups excluding carboxylic acids is 1. The number of anilines is 1. The van der Waals surface area contributed by atoms with E-state index in [4.69, 9.17) is 11.0 Å². The SMILES string of the molecule is N#Cc1ccc(C(=O)CBr)cc1N. The van der Waals surface area contributed by atoms with Gasteiger partial charge in [0.25, 0.3) is 0 Å². The summed E-state index contributed by atoms with van der Waals surface area (Å²) < 4.78 is 0. The number of hydrogen-bond acceptors (Lipinski definition) is 3. The molecule has 3 nitrogen and oxygen atoms in total. The summed E-state index contributed by atoms with van der Waals surface area (Å²) in [6.07, 6.45) is 0. The van der Waals surface area contributed by atoms with Crippen LogP contribution in [-0.2, 0) is 0 Å². The van der Waals surface area contributed by atoms with Crippen LogP contribution in [-0.4, -0.2) is 11.1 Å². The maximum absolute atomic E-state index is 11.2. The Morgan fingerprint density at radius 1 is 1.62 bits per heavy atom. The van der Waals surface area contributed by atoms with Crippen molar-refractivity contribution in [3.63, 3.8) is 0 Å². The van der Waals surface area contributed by atoms with Gasteiger partial charge in [-0.05, 0) is 18.2 Å². The first-order chi connectivity index (χ1) is 6.19. The molecule has 0 spiro atoms. The van der Waals surface area contributed by atoms with E-state index in [9.17, 15) is 4.79 Å². The second kappa shape index (κ2) is 4.06. The average Bonchev–Trinajstić information content (AvgIpc) is 2.16. The molecule has 0 bridgehead atoms. The van der Waals surface area contributed by atoms with Gasteiger partial charge < -0.3 is 5.73 Å². The molecule has 1 aromatic rings. The van der Waals surface area contributed by atoms with Crippen LogP contribution in [0.4, 0.5) is 5.69 Å². The summed E-state index contributed by atoms with van der Waals surface area (Å²) >= 11 is 3.06. The van der Waals surface area contributed by atoms with E-state index in [1.165, 1.54) is 6.07 Å². The van der Waals surface area contributed by atoms with Gasteiger partial charge in [-0.25, -0.2) is 0 Å². The molecule has 0 fully saturated rings. The Labute approximate surface area is 84.3 Å². The number of carbonyl (C=O) groups is 1. The number of nitrogens with zero attached hydrogens (tertiary/aromatic N) is 1. The van der Waals surface area contributed by atoms with E-state index in [-0.39, 0.29) is 11.1 Å². The maximum atomic E-state index is 11.2. The summed E-state index contributed by atoms with van der Waals surface area (Å²) in [6, 6.07) is 6.59. The summed E-state index contributed by atoms with van der Waals surface area (Å²) in [6.45, 7) is 0. The number of benzene rings is 1. The first kappa shape index (κ1) is 9.75. The minimum Gasteiger partial charge on any atom is -0.398 e. The number of nitrogen functional groups attached to an aromatic ring is 1. The Balaban J connectivity index is 3.11. The van der Waals surface area contributed by atoms with Gasteiger partial charge in [0.1, 0.15) is 6.07 Å². The summed E-state index contributed by atoms with van der Waals surface area (Å²) in [5, 5.41) is 8.84. The number of ketones is 1. The van der Waals surface area contributed by atoms with Crippen molar-refractivity contribution in [2.75, 3.05) is 11.1 Å². The monoisotopic (exact) mass is 238 g/mol. The number of halogens is 1. The zero-order valence-corrected chi connectivity index (χ0v) is 8.34. The van der Waals surface area contributed by atoms with E-state index >= 15 is 0 Å². The average molecular weight is 239 g/mol. The minimum absolute atomic E-state index is 0.0452. The molecule has 1 rings (SSSR count). The third kappa shape index (κ3) is 2.07. The predicted molar refractivity (Wildman–Crippen MR) is 53.7 cm³/mol. The molecule has 0 radical (unpaired) electrons. The Kier molecular flexibility index (Phi) is 3.04. The Morgan fingerprint density at radius 2 is 2.31 bits per heavy atom. The second-order valence-corrected chi connectivity index (χ2v) is 3.03. The lowest BCUT2D eigenvalue weighted by molar-refractivity contribution is 0.102. The van der Waals surface area contributed by atoms with Gasteiger partial charge >= 0.3 is 0 Å². The van der Waals surface area contributed by atoms with Crippen molar-refractivity contribution in [1.82, 2.24) is 0 Å². The summed E-state index contributed by atoms with van der Waals surface area (Å²) in [4.78, 5) is 11.2. The van der Waals surface area contributed by atoms with Crippen molar-refractivity contribution in [3.05, 3.63) is 29.3 Å². The fourth-order valence-corrected chi connectivity index (χ4v) is 1.24. The summed E-state index contributed by atoms with van der Waals surface area (Å²) in [5.41, 5.74) is 6.79. The molecular formula is C9H7BrN2O. The molecule has 0 aliphatic carbocycles. The van der Waals surface area contributed by atoms with E-state index in [0.717, 1.165) is 0 Å². The van der Waals surface area contributed by atoms with Crippen molar-refractivity contribution in [2.24, 2.45) is 0 Å². The fourth-order valence-electron chi connectivity index (χ4n) is 0.915. The zero-order valence-electron chi connectivity index (χ0n) is 6.75. The van der Waals surface area contributed by atoms with Crippen molar-refractivity contribution < 1.29 is 4.79 Å². The van der Waals surface area contributed by atoms with Crippen LogP contribution in [0.5, 0.6) is 0 Å². The van der Waals surface area contributed by atoms with Gasteiger partial charge in [-0.15, -0.1) is 0 Å². The number of alkyl halides is 1. The number of nitriles is 1. The van der Waals surface area contributed by atoms with Crippen LogP contribution in [0.1, 0.15) is 15.9 Å². The molecule has 0 aromatic heterocycles. The van der Waals surface area contributed by atoms with Crippen LogP contribution >= 0.6 is 15.9 Å². The normalized spacial score (nSPS) is 9.23. The van der Waals surface area contributed by atoms with E-state index in [0.29, 0.717) is 16.8 Å². The quantitative estimate of drug-likeness (QED) is 0.485. The van der Waals surface area contributed by atoms with Crippen LogP contribution in [0.2, 0.25) is 0 Å². The second-order valence-electron chi connectivity index (χ2n) is 2.47. The predicted octanol–water partition coefficient (Wildman–Crippen LogP) is 1.72. The topological polar surface area (TPSA) is 66.9 Å². The number of Topliss-reactive ketones (excluding diaryl/α,β-unsaturated/α-hetero) is 1. The highest BCUT2D eigenvalue weighted by atomic mass is 79.9. The van der Waals surface area contributed by atoms with Gasteiger partial charge in [-0.2, -0.15) is 5.26 Å². The molecule has 0 unspecified atom stereocenters. The van der Waals surface area contributed by atoms with Crippen molar-refractivity contribution in [2.45, 2.75) is 0 Å². The first-order valence-electron chi connectivity index (χ1n) is 3.58. The molecule has 0 aliphatic rings. The zero-order chi connectivity index (χ0) is 9.84. The van der Waals surface area contributed by atoms with E-state index < -0.39 is 0 Å². The standard InChI is InChI=1S/C9H7BrN2O/c10-4-9(13)6-1-2-7(5-11)8(12)3-6/h1-3H,4,12H2. The summed E-state index contributed by atoms with van der Waals surface area (Å²) in [5.74, 6) is -0.0452. The molecule has 2 N–H and O–H groups in total. The minimum atomic E-state index is -0.0452. The molecule has 0 saturated heterocycles. The van der Waals surface area contributed by atoms with Gasteiger partial charge in [0.2, 0.25) is 0 Å². The van der Waals surface area contributed by atoms with Gasteiger partial charge in [0.15, 0.2) is 5.78 Å². The Morgan fingerprint density at radius 3 is 2.77 bits per heavy atom. The van der Waals surface area contributed by atoms with Crippen LogP contribution in [0, 0.1) is 11.3 Å². The molecule has 1 aromatic carbocycles. The van der Waals surface area contributed by atoms with Crippen molar-refractivity contribution in [3.8, 4) is 6.07 Å². The third-order valence-corrected chi connectivity index (χ3v) is 2.12. The molecule has 0 amide bonds. The van der Waals surface area contributed by atoms with Crippen molar-refractivity contribution in [1.29, 1.82) is 5.26 Å². The van der Waals surface area contributed by atoms with E-state index in [1.807, 2.05) is 6.07 Å². The molecule has 66 valence electrons. The molecule has 0 heterocycles. The van der Waals surface area contributed by atoms with Gasteiger partial charge in [0.05, 0.1) is 16.6 Å². The highest BCUT2D eigenvalue weighted by Gasteiger charge is 2.05. The highest BCUT2D eigenvalue weighted by Crippen LogP contribution is 2.14.